The first kappa shape index (κ1) is 16.2. The maximum atomic E-state index is 13.4. The number of nitrogens with zero attached hydrogens (tertiary/aromatic N) is 4. The Balaban J connectivity index is 1.43. The number of aromatic amines is 1. The van der Waals surface area contributed by atoms with Crippen LogP contribution in [-0.2, 0) is 9.53 Å². The Labute approximate surface area is 147 Å². The molecule has 1 aliphatic heterocycles. The number of aromatic nitrogens is 4. The lowest BCUT2D eigenvalue weighted by Gasteiger charge is -2.26. The molecule has 1 aliphatic rings. The zero-order valence-corrected chi connectivity index (χ0v) is 14.2. The minimum Gasteiger partial charge on any atom is -0.378 e. The van der Waals surface area contributed by atoms with Gasteiger partial charge in [0.1, 0.15) is 11.3 Å². The Morgan fingerprint density at radius 2 is 2.16 bits per heavy atom. The summed E-state index contributed by atoms with van der Waals surface area (Å²) in [5.41, 5.74) is 1.88. The van der Waals surface area contributed by atoms with Crippen molar-refractivity contribution in [1.29, 1.82) is 0 Å². The molecule has 4 rings (SSSR count). The van der Waals surface area contributed by atoms with Gasteiger partial charge in [-0.15, -0.1) is 10.2 Å². The summed E-state index contributed by atoms with van der Waals surface area (Å²) >= 11 is 1.38. The number of amides is 1. The molecule has 3 aromatic rings. The van der Waals surface area contributed by atoms with Crippen molar-refractivity contribution in [3.8, 4) is 0 Å². The number of hydrogen-bond donors (Lipinski definition) is 1. The van der Waals surface area contributed by atoms with Gasteiger partial charge in [0.2, 0.25) is 11.1 Å². The largest absolute Gasteiger partial charge is 0.378 e. The number of benzene rings is 1. The zero-order chi connectivity index (χ0) is 17.2. The van der Waals surface area contributed by atoms with Gasteiger partial charge in [0.25, 0.3) is 0 Å². The van der Waals surface area contributed by atoms with Crippen LogP contribution in [0.15, 0.2) is 23.4 Å². The van der Waals surface area contributed by atoms with Gasteiger partial charge in [-0.3, -0.25) is 4.79 Å². The second kappa shape index (κ2) is 6.93. The fourth-order valence-electron chi connectivity index (χ4n) is 2.79. The average molecular weight is 361 g/mol. The number of halogens is 1. The van der Waals surface area contributed by atoms with Gasteiger partial charge >= 0.3 is 0 Å². The lowest BCUT2D eigenvalue weighted by Crippen LogP contribution is -2.40. The number of H-pyrrole nitrogens is 1. The molecule has 0 aliphatic carbocycles. The summed E-state index contributed by atoms with van der Waals surface area (Å²) in [5.74, 6) is 0.374. The van der Waals surface area contributed by atoms with Crippen molar-refractivity contribution in [2.24, 2.45) is 0 Å². The molecule has 7 nitrogen and oxygen atoms in total. The van der Waals surface area contributed by atoms with Crippen LogP contribution in [0.4, 0.5) is 4.39 Å². The molecule has 130 valence electrons. The van der Waals surface area contributed by atoms with Crippen molar-refractivity contribution in [2.45, 2.75) is 11.6 Å². The van der Waals surface area contributed by atoms with E-state index in [1.807, 2.05) is 4.90 Å². The number of morpholine rings is 1. The third-order valence-corrected chi connectivity index (χ3v) is 4.91. The number of fused-ring (bicyclic) bond motifs is 3. The van der Waals surface area contributed by atoms with Crippen molar-refractivity contribution < 1.29 is 13.9 Å². The fourth-order valence-corrected chi connectivity index (χ4v) is 3.50. The zero-order valence-electron chi connectivity index (χ0n) is 13.4. The van der Waals surface area contributed by atoms with Crippen LogP contribution >= 0.6 is 11.8 Å². The van der Waals surface area contributed by atoms with Crippen molar-refractivity contribution in [2.75, 3.05) is 32.1 Å². The van der Waals surface area contributed by atoms with Crippen LogP contribution in [0, 0.1) is 5.82 Å². The highest BCUT2D eigenvalue weighted by Crippen LogP contribution is 2.24. The van der Waals surface area contributed by atoms with E-state index in [1.165, 1.54) is 23.9 Å². The molecule has 0 bridgehead atoms. The predicted octanol–water partition coefficient (Wildman–Crippen LogP) is 1.99. The molecule has 0 radical (unpaired) electrons. The van der Waals surface area contributed by atoms with Crippen LogP contribution in [0.25, 0.3) is 22.1 Å². The fraction of sp³-hybridized carbons (Fsp3) is 0.375. The Kier molecular flexibility index (Phi) is 4.50. The van der Waals surface area contributed by atoms with Crippen molar-refractivity contribution in [3.05, 3.63) is 24.0 Å². The number of thioether (sulfide) groups is 1. The molecule has 0 atom stereocenters. The maximum Gasteiger partial charge on any atom is 0.223 e. The molecule has 0 saturated carbocycles. The minimum atomic E-state index is -0.324. The van der Waals surface area contributed by atoms with Crippen LogP contribution in [0.5, 0.6) is 0 Å². The third kappa shape index (κ3) is 3.42. The Morgan fingerprint density at radius 3 is 3.00 bits per heavy atom. The lowest BCUT2D eigenvalue weighted by molar-refractivity contribution is -0.134. The topological polar surface area (TPSA) is 84.0 Å². The third-order valence-electron chi connectivity index (χ3n) is 4.07. The van der Waals surface area contributed by atoms with E-state index in [9.17, 15) is 9.18 Å². The molecule has 1 N–H and O–H groups in total. The molecule has 1 aromatic carbocycles. The van der Waals surface area contributed by atoms with Gasteiger partial charge in [-0.25, -0.2) is 9.37 Å². The van der Waals surface area contributed by atoms with Gasteiger partial charge in [-0.05, 0) is 18.2 Å². The van der Waals surface area contributed by atoms with Gasteiger partial charge in [-0.1, -0.05) is 11.8 Å². The molecule has 1 saturated heterocycles. The molecule has 9 heteroatoms. The molecule has 3 heterocycles. The molecule has 1 fully saturated rings. The number of rotatable bonds is 4. The summed E-state index contributed by atoms with van der Waals surface area (Å²) in [6, 6.07) is 4.46. The highest BCUT2D eigenvalue weighted by Gasteiger charge is 2.17. The van der Waals surface area contributed by atoms with E-state index in [4.69, 9.17) is 4.74 Å². The molecule has 0 unspecified atom stereocenters. The Morgan fingerprint density at radius 1 is 1.32 bits per heavy atom. The lowest BCUT2D eigenvalue weighted by atomic mass is 10.2. The standard InChI is InChI=1S/C16H16FN5O2S/c17-10-1-2-12-11(9-10)14-15(18-12)19-16(21-20-14)25-8-3-13(23)22-4-6-24-7-5-22/h1-2,9H,3-8H2,(H,18,19,21). The van der Waals surface area contributed by atoms with E-state index in [0.717, 1.165) is 5.52 Å². The Hall–Kier alpha value is -2.26. The SMILES string of the molecule is O=C(CCSc1nnc2c(n1)[nH]c1ccc(F)cc12)N1CCOCC1. The van der Waals surface area contributed by atoms with E-state index >= 15 is 0 Å². The maximum absolute atomic E-state index is 13.4. The van der Waals surface area contributed by atoms with E-state index < -0.39 is 0 Å². The molecular weight excluding hydrogens is 345 g/mol. The number of hydrogen-bond acceptors (Lipinski definition) is 6. The van der Waals surface area contributed by atoms with E-state index in [2.05, 4.69) is 20.2 Å². The van der Waals surface area contributed by atoms with Crippen LogP contribution in [-0.4, -0.2) is 63.0 Å². The van der Waals surface area contributed by atoms with E-state index in [-0.39, 0.29) is 11.7 Å². The predicted molar refractivity (Wildman–Crippen MR) is 91.9 cm³/mol. The summed E-state index contributed by atoms with van der Waals surface area (Å²) in [6.45, 7) is 2.51. The van der Waals surface area contributed by atoms with E-state index in [0.29, 0.717) is 60.2 Å². The van der Waals surface area contributed by atoms with Gasteiger partial charge in [0.15, 0.2) is 5.65 Å². The quantitative estimate of drug-likeness (QED) is 0.716. The first-order chi connectivity index (χ1) is 12.2. The number of nitrogens with one attached hydrogen (secondary N) is 1. The van der Waals surface area contributed by atoms with Gasteiger partial charge in [-0.2, -0.15) is 0 Å². The van der Waals surface area contributed by atoms with Crippen LogP contribution in [0.1, 0.15) is 6.42 Å². The highest BCUT2D eigenvalue weighted by atomic mass is 32.2. The minimum absolute atomic E-state index is 0.117. The van der Waals surface area contributed by atoms with Crippen LogP contribution in [0.2, 0.25) is 0 Å². The Bertz CT molecular complexity index is 925. The smallest absolute Gasteiger partial charge is 0.223 e. The number of ether oxygens (including phenoxy) is 1. The van der Waals surface area contributed by atoms with Crippen LogP contribution < -0.4 is 0 Å². The first-order valence-corrected chi connectivity index (χ1v) is 8.99. The molecule has 2 aromatic heterocycles. The van der Waals surface area contributed by atoms with Crippen molar-refractivity contribution in [1.82, 2.24) is 25.1 Å². The van der Waals surface area contributed by atoms with Crippen molar-refractivity contribution in [3.63, 3.8) is 0 Å². The highest BCUT2D eigenvalue weighted by molar-refractivity contribution is 7.99. The molecule has 25 heavy (non-hydrogen) atoms. The summed E-state index contributed by atoms with van der Waals surface area (Å²) in [4.78, 5) is 21.5. The van der Waals surface area contributed by atoms with E-state index in [1.54, 1.807) is 6.07 Å². The van der Waals surface area contributed by atoms with Crippen LogP contribution in [0.3, 0.4) is 0 Å². The second-order valence-electron chi connectivity index (χ2n) is 5.70. The average Bonchev–Trinajstić information content (AvgIpc) is 2.99. The number of carbonyl (C=O) groups is 1. The molecular formula is C16H16FN5O2S. The summed E-state index contributed by atoms with van der Waals surface area (Å²) in [5, 5.41) is 9.39. The first-order valence-electron chi connectivity index (χ1n) is 8.01. The molecule has 0 spiro atoms. The number of carbonyl (C=O) groups excluding carboxylic acids is 1. The van der Waals surface area contributed by atoms with Gasteiger partial charge < -0.3 is 14.6 Å². The summed E-state index contributed by atoms with van der Waals surface area (Å²) in [7, 11) is 0. The monoisotopic (exact) mass is 361 g/mol. The summed E-state index contributed by atoms with van der Waals surface area (Å²) < 4.78 is 18.6. The summed E-state index contributed by atoms with van der Waals surface area (Å²) in [6.07, 6.45) is 0.421. The van der Waals surface area contributed by atoms with Gasteiger partial charge in [0.05, 0.1) is 13.2 Å². The molecule has 1 amide bonds. The second-order valence-corrected chi connectivity index (χ2v) is 6.76. The van der Waals surface area contributed by atoms with Gasteiger partial charge in [0, 0.05) is 36.2 Å². The van der Waals surface area contributed by atoms with Crippen molar-refractivity contribution >= 4 is 39.7 Å². The normalized spacial score (nSPS) is 15.2.